The van der Waals surface area contributed by atoms with Gasteiger partial charge in [-0.25, -0.2) is 14.3 Å². The van der Waals surface area contributed by atoms with Crippen LogP contribution in [0.15, 0.2) is 31.1 Å². The lowest BCUT2D eigenvalue weighted by Gasteiger charge is -2.14. The molecule has 22 heavy (non-hydrogen) atoms. The van der Waals surface area contributed by atoms with E-state index in [9.17, 15) is 9.36 Å². The Bertz CT molecular complexity index is 730. The number of imidazole rings is 1. The molecule has 2 rings (SSSR count). The van der Waals surface area contributed by atoms with E-state index in [0.717, 1.165) is 5.56 Å². The van der Waals surface area contributed by atoms with Crippen LogP contribution in [0.4, 0.5) is 0 Å². The molecule has 0 spiro atoms. The molecule has 0 aliphatic heterocycles. The third kappa shape index (κ3) is 3.44. The van der Waals surface area contributed by atoms with Gasteiger partial charge >= 0.3 is 13.8 Å². The highest BCUT2D eigenvalue weighted by Gasteiger charge is 2.31. The summed E-state index contributed by atoms with van der Waals surface area (Å²) in [6.07, 6.45) is 4.84. The van der Waals surface area contributed by atoms with Gasteiger partial charge in [-0.3, -0.25) is 9.05 Å². The summed E-state index contributed by atoms with van der Waals surface area (Å²) in [5.74, 6) is -0.871. The number of pyridine rings is 1. The van der Waals surface area contributed by atoms with Gasteiger partial charge in [0.2, 0.25) is 0 Å². The topological polar surface area (TPSA) is 79.1 Å². The lowest BCUT2D eigenvalue weighted by molar-refractivity contribution is 0.0600. The second kappa shape index (κ2) is 6.87. The Hall–Kier alpha value is -1.95. The normalized spacial score (nSPS) is 11.5. The summed E-state index contributed by atoms with van der Waals surface area (Å²) in [6, 6.07) is 3.61. The van der Waals surface area contributed by atoms with Crippen molar-refractivity contribution in [2.24, 2.45) is 0 Å². The number of aromatic nitrogens is 2. The molecule has 0 saturated carbocycles. The van der Waals surface area contributed by atoms with Crippen molar-refractivity contribution in [1.82, 2.24) is 9.38 Å². The predicted octanol–water partition coefficient (Wildman–Crippen LogP) is 3.32. The van der Waals surface area contributed by atoms with Crippen LogP contribution in [0.3, 0.4) is 0 Å². The van der Waals surface area contributed by atoms with Crippen LogP contribution >= 0.6 is 7.82 Å². The van der Waals surface area contributed by atoms with E-state index in [4.69, 9.17) is 13.6 Å². The number of carbonyl (C=O) groups is 1. The first-order valence-electron chi connectivity index (χ1n) is 6.76. The maximum absolute atomic E-state index is 12.2. The Morgan fingerprint density at radius 3 is 2.68 bits per heavy atom. The zero-order chi connectivity index (χ0) is 16.2. The fourth-order valence-electron chi connectivity index (χ4n) is 1.85. The first kappa shape index (κ1) is 16.4. The molecule has 0 unspecified atom stereocenters. The molecule has 0 aromatic carbocycles. The number of rotatable bonds is 7. The van der Waals surface area contributed by atoms with Crippen LogP contribution < -0.4 is 0 Å². The predicted molar refractivity (Wildman–Crippen MR) is 81.6 cm³/mol. The minimum Gasteiger partial charge on any atom is -0.365 e. The van der Waals surface area contributed by atoms with Crippen molar-refractivity contribution in [2.45, 2.75) is 13.8 Å². The van der Waals surface area contributed by atoms with Gasteiger partial charge in [-0.2, -0.15) is 0 Å². The standard InChI is InChI=1S/C14H17N2O5P/c1-4-11-8-7-9-16-10-12(15-13(11)16)14(17)21-22(18,19-5-2)20-6-3/h4,7-10H,1,5-6H2,2-3H3. The highest BCUT2D eigenvalue weighted by atomic mass is 31.2. The van der Waals surface area contributed by atoms with Gasteiger partial charge in [0.25, 0.3) is 0 Å². The number of carbonyl (C=O) groups excluding carboxylic acids is 1. The summed E-state index contributed by atoms with van der Waals surface area (Å²) in [6.45, 7) is 7.13. The molecule has 0 radical (unpaired) electrons. The first-order valence-corrected chi connectivity index (χ1v) is 8.22. The molecule has 0 bridgehead atoms. The monoisotopic (exact) mass is 324 g/mol. The van der Waals surface area contributed by atoms with Crippen molar-refractivity contribution in [3.05, 3.63) is 42.4 Å². The first-order chi connectivity index (χ1) is 10.5. The van der Waals surface area contributed by atoms with Gasteiger partial charge in [0.05, 0.1) is 13.2 Å². The molecule has 7 nitrogen and oxygen atoms in total. The van der Waals surface area contributed by atoms with E-state index >= 15 is 0 Å². The lowest BCUT2D eigenvalue weighted by atomic mass is 10.3. The Labute approximate surface area is 128 Å². The summed E-state index contributed by atoms with van der Waals surface area (Å²) < 4.78 is 28.6. The molecule has 0 fully saturated rings. The van der Waals surface area contributed by atoms with E-state index in [1.165, 1.54) is 6.20 Å². The van der Waals surface area contributed by atoms with E-state index < -0.39 is 13.8 Å². The highest BCUT2D eigenvalue weighted by Crippen LogP contribution is 2.49. The SMILES string of the molecule is C=Cc1cccn2cc(C(=O)OP(=O)(OCC)OCC)nc12. The average Bonchev–Trinajstić information content (AvgIpc) is 2.91. The summed E-state index contributed by atoms with van der Waals surface area (Å²) >= 11 is 0. The minimum atomic E-state index is -3.92. The van der Waals surface area contributed by atoms with E-state index in [1.807, 2.05) is 6.07 Å². The van der Waals surface area contributed by atoms with E-state index in [0.29, 0.717) is 5.65 Å². The molecule has 0 aliphatic carbocycles. The second-order valence-electron chi connectivity index (χ2n) is 4.19. The lowest BCUT2D eigenvalue weighted by Crippen LogP contribution is -2.08. The van der Waals surface area contributed by atoms with E-state index in [2.05, 4.69) is 11.6 Å². The molecule has 2 heterocycles. The van der Waals surface area contributed by atoms with Crippen LogP contribution in [0.1, 0.15) is 29.9 Å². The number of hydrogen-bond donors (Lipinski definition) is 0. The maximum atomic E-state index is 12.2. The Morgan fingerprint density at radius 1 is 1.41 bits per heavy atom. The van der Waals surface area contributed by atoms with Crippen molar-refractivity contribution < 1.29 is 22.9 Å². The fourth-order valence-corrected chi connectivity index (χ4v) is 2.96. The van der Waals surface area contributed by atoms with E-state index in [1.54, 1.807) is 36.6 Å². The number of phosphoric ester groups is 1. The van der Waals surface area contributed by atoms with Crippen LogP contribution in [0.2, 0.25) is 0 Å². The quantitative estimate of drug-likeness (QED) is 0.727. The fraction of sp³-hybridized carbons (Fsp3) is 0.286. The van der Waals surface area contributed by atoms with Gasteiger partial charge in [-0.05, 0) is 26.0 Å². The van der Waals surface area contributed by atoms with E-state index in [-0.39, 0.29) is 18.9 Å². The number of fused-ring (bicyclic) bond motifs is 1. The van der Waals surface area contributed by atoms with Crippen molar-refractivity contribution >= 4 is 25.5 Å². The molecule has 118 valence electrons. The third-order valence-electron chi connectivity index (χ3n) is 2.71. The molecule has 2 aromatic heterocycles. The molecule has 0 atom stereocenters. The smallest absolute Gasteiger partial charge is 0.365 e. The summed E-state index contributed by atoms with van der Waals surface area (Å²) in [5, 5.41) is 0. The van der Waals surface area contributed by atoms with Gasteiger partial charge in [0, 0.05) is 18.0 Å². The van der Waals surface area contributed by atoms with Gasteiger partial charge in [0.15, 0.2) is 5.69 Å². The van der Waals surface area contributed by atoms with Crippen molar-refractivity contribution in [2.75, 3.05) is 13.2 Å². The van der Waals surface area contributed by atoms with Gasteiger partial charge in [-0.1, -0.05) is 12.7 Å². The Balaban J connectivity index is 2.29. The number of phosphoric acid groups is 1. The molecule has 0 N–H and O–H groups in total. The number of nitrogens with zero attached hydrogens (tertiary/aromatic N) is 2. The maximum Gasteiger partial charge on any atom is 0.532 e. The van der Waals surface area contributed by atoms with Crippen molar-refractivity contribution in [1.29, 1.82) is 0 Å². The van der Waals surface area contributed by atoms with Crippen LogP contribution in [0.25, 0.3) is 11.7 Å². The average molecular weight is 324 g/mol. The Morgan fingerprint density at radius 2 is 2.09 bits per heavy atom. The summed E-state index contributed by atoms with van der Waals surface area (Å²) in [4.78, 5) is 16.3. The van der Waals surface area contributed by atoms with Gasteiger partial charge < -0.3 is 8.92 Å². The zero-order valence-electron chi connectivity index (χ0n) is 12.4. The second-order valence-corrected chi connectivity index (χ2v) is 5.78. The van der Waals surface area contributed by atoms with Crippen molar-refractivity contribution in [3.8, 4) is 0 Å². The summed E-state index contributed by atoms with van der Waals surface area (Å²) in [7, 11) is -3.92. The van der Waals surface area contributed by atoms with Gasteiger partial charge in [-0.15, -0.1) is 0 Å². The molecular formula is C14H17N2O5P. The van der Waals surface area contributed by atoms with Crippen LogP contribution in [0, 0.1) is 0 Å². The third-order valence-corrected chi connectivity index (χ3v) is 4.25. The minimum absolute atomic E-state index is 0.00827. The molecule has 0 saturated heterocycles. The molecule has 0 amide bonds. The van der Waals surface area contributed by atoms with Crippen molar-refractivity contribution in [3.63, 3.8) is 0 Å². The van der Waals surface area contributed by atoms with Crippen LogP contribution in [0.5, 0.6) is 0 Å². The molecule has 2 aromatic rings. The zero-order valence-corrected chi connectivity index (χ0v) is 13.3. The summed E-state index contributed by atoms with van der Waals surface area (Å²) in [5.41, 5.74) is 1.32. The number of hydrogen-bond acceptors (Lipinski definition) is 6. The largest absolute Gasteiger partial charge is 0.532 e. The highest BCUT2D eigenvalue weighted by molar-refractivity contribution is 7.49. The molecular weight excluding hydrogens is 307 g/mol. The van der Waals surface area contributed by atoms with Crippen LogP contribution in [-0.4, -0.2) is 28.6 Å². The van der Waals surface area contributed by atoms with Gasteiger partial charge in [0.1, 0.15) is 5.65 Å². The molecule has 8 heteroatoms. The van der Waals surface area contributed by atoms with Crippen LogP contribution in [-0.2, 0) is 18.1 Å². The molecule has 0 aliphatic rings. The Kier molecular flexibility index (Phi) is 5.13.